The van der Waals surface area contributed by atoms with E-state index in [9.17, 15) is 0 Å². The van der Waals surface area contributed by atoms with Crippen LogP contribution >= 0.6 is 35.3 Å². The SMILES string of the molecule is Cc1nc(C)c(CNC(=NCc2nnc(C)n2C)NC2CCCC2)s1.I. The lowest BCUT2D eigenvalue weighted by molar-refractivity contribution is 0.610. The summed E-state index contributed by atoms with van der Waals surface area (Å²) in [6.07, 6.45) is 5.01. The van der Waals surface area contributed by atoms with Crippen molar-refractivity contribution in [3.8, 4) is 0 Å². The molecular weight excluding hydrogens is 461 g/mol. The Balaban J connectivity index is 0.00000243. The molecular formula is C17H28IN7S. The van der Waals surface area contributed by atoms with Gasteiger partial charge in [0.15, 0.2) is 11.8 Å². The van der Waals surface area contributed by atoms with Crippen molar-refractivity contribution in [1.29, 1.82) is 0 Å². The molecule has 26 heavy (non-hydrogen) atoms. The predicted molar refractivity (Wildman–Crippen MR) is 116 cm³/mol. The molecule has 1 fully saturated rings. The molecule has 0 amide bonds. The molecule has 3 rings (SSSR count). The van der Waals surface area contributed by atoms with E-state index in [0.717, 1.165) is 34.9 Å². The van der Waals surface area contributed by atoms with Crippen LogP contribution < -0.4 is 10.6 Å². The summed E-state index contributed by atoms with van der Waals surface area (Å²) in [6.45, 7) is 7.31. The standard InChI is InChI=1S/C17H27N7S.HI/c1-11-15(25-13(3)20-11)9-18-17(21-14-7-5-6-8-14)19-10-16-23-22-12(2)24(16)4;/h14H,5-10H2,1-4H3,(H2,18,19,21);1H. The van der Waals surface area contributed by atoms with E-state index in [1.165, 1.54) is 30.6 Å². The number of aryl methyl sites for hydroxylation is 3. The van der Waals surface area contributed by atoms with Crippen molar-refractivity contribution < 1.29 is 0 Å². The Morgan fingerprint density at radius 3 is 2.54 bits per heavy atom. The fraction of sp³-hybridized carbons (Fsp3) is 0.647. The van der Waals surface area contributed by atoms with Gasteiger partial charge in [0.1, 0.15) is 12.4 Å². The predicted octanol–water partition coefficient (Wildman–Crippen LogP) is 2.99. The third-order valence-electron chi connectivity index (χ3n) is 4.67. The van der Waals surface area contributed by atoms with Crippen molar-refractivity contribution in [1.82, 2.24) is 30.4 Å². The Kier molecular flexibility index (Phi) is 7.81. The molecule has 0 aliphatic heterocycles. The molecule has 2 aromatic rings. The first-order valence-electron chi connectivity index (χ1n) is 8.85. The lowest BCUT2D eigenvalue weighted by Gasteiger charge is -2.17. The van der Waals surface area contributed by atoms with Crippen molar-refractivity contribution in [3.05, 3.63) is 27.2 Å². The van der Waals surface area contributed by atoms with Gasteiger partial charge in [-0.1, -0.05) is 12.8 Å². The fourth-order valence-corrected chi connectivity index (χ4v) is 3.93. The smallest absolute Gasteiger partial charge is 0.192 e. The molecule has 0 saturated heterocycles. The van der Waals surface area contributed by atoms with Gasteiger partial charge in [-0.05, 0) is 33.6 Å². The van der Waals surface area contributed by atoms with Crippen molar-refractivity contribution in [2.75, 3.05) is 0 Å². The van der Waals surface area contributed by atoms with Gasteiger partial charge in [-0.15, -0.1) is 45.5 Å². The monoisotopic (exact) mass is 489 g/mol. The maximum absolute atomic E-state index is 4.74. The lowest BCUT2D eigenvalue weighted by atomic mass is 10.2. The Hall–Kier alpha value is -1.23. The summed E-state index contributed by atoms with van der Waals surface area (Å²) < 4.78 is 1.98. The Morgan fingerprint density at radius 2 is 1.96 bits per heavy atom. The van der Waals surface area contributed by atoms with E-state index < -0.39 is 0 Å². The molecule has 0 atom stereocenters. The molecule has 2 aromatic heterocycles. The molecule has 0 bridgehead atoms. The first-order valence-corrected chi connectivity index (χ1v) is 9.67. The first-order chi connectivity index (χ1) is 12.0. The molecule has 7 nitrogen and oxygen atoms in total. The zero-order chi connectivity index (χ0) is 17.8. The zero-order valence-corrected chi connectivity index (χ0v) is 19.0. The number of nitrogens with zero attached hydrogens (tertiary/aromatic N) is 5. The third kappa shape index (κ3) is 5.38. The van der Waals surface area contributed by atoms with Gasteiger partial charge in [0.05, 0.1) is 17.2 Å². The van der Waals surface area contributed by atoms with Gasteiger partial charge in [0, 0.05) is 18.0 Å². The van der Waals surface area contributed by atoms with Crippen molar-refractivity contribution in [3.63, 3.8) is 0 Å². The van der Waals surface area contributed by atoms with Gasteiger partial charge in [-0.2, -0.15) is 0 Å². The van der Waals surface area contributed by atoms with Crippen LogP contribution in [0.25, 0.3) is 0 Å². The van der Waals surface area contributed by atoms with E-state index >= 15 is 0 Å². The summed E-state index contributed by atoms with van der Waals surface area (Å²) in [5.74, 6) is 2.62. The van der Waals surface area contributed by atoms with Gasteiger partial charge in [-0.25, -0.2) is 9.98 Å². The number of nitrogens with one attached hydrogen (secondary N) is 2. The van der Waals surface area contributed by atoms with E-state index in [2.05, 4.69) is 32.7 Å². The van der Waals surface area contributed by atoms with Gasteiger partial charge < -0.3 is 15.2 Å². The highest BCUT2D eigenvalue weighted by Crippen LogP contribution is 2.18. The second-order valence-corrected chi connectivity index (χ2v) is 7.90. The topological polar surface area (TPSA) is 80.0 Å². The molecule has 1 saturated carbocycles. The quantitative estimate of drug-likeness (QED) is 0.384. The van der Waals surface area contributed by atoms with E-state index in [1.807, 2.05) is 25.5 Å². The van der Waals surface area contributed by atoms with Crippen LogP contribution in [0.1, 0.15) is 52.9 Å². The number of rotatable bonds is 5. The third-order valence-corrected chi connectivity index (χ3v) is 5.75. The van der Waals surface area contributed by atoms with Crippen LogP contribution in [0.3, 0.4) is 0 Å². The van der Waals surface area contributed by atoms with Crippen LogP contribution in [0.15, 0.2) is 4.99 Å². The summed E-state index contributed by atoms with van der Waals surface area (Å²) in [5.41, 5.74) is 1.10. The minimum atomic E-state index is 0. The second kappa shape index (κ2) is 9.63. The minimum Gasteiger partial charge on any atom is -0.354 e. The molecule has 0 spiro atoms. The summed E-state index contributed by atoms with van der Waals surface area (Å²) in [5, 5.41) is 16.4. The first kappa shape index (κ1) is 21.1. The molecule has 1 aliphatic rings. The lowest BCUT2D eigenvalue weighted by Crippen LogP contribution is -2.42. The number of guanidine groups is 1. The molecule has 0 unspecified atom stereocenters. The molecule has 2 heterocycles. The van der Waals surface area contributed by atoms with Crippen LogP contribution in [0.2, 0.25) is 0 Å². The number of halogens is 1. The number of hydrogen-bond donors (Lipinski definition) is 2. The highest BCUT2D eigenvalue weighted by Gasteiger charge is 2.17. The summed E-state index contributed by atoms with van der Waals surface area (Å²) in [4.78, 5) is 10.5. The van der Waals surface area contributed by atoms with Crippen LogP contribution in [-0.4, -0.2) is 31.7 Å². The summed E-state index contributed by atoms with van der Waals surface area (Å²) in [6, 6.07) is 0.511. The van der Waals surface area contributed by atoms with Gasteiger partial charge >= 0.3 is 0 Å². The number of aliphatic imine (C=N–C) groups is 1. The molecule has 0 aromatic carbocycles. The number of thiazole rings is 1. The fourth-order valence-electron chi connectivity index (χ4n) is 3.06. The second-order valence-electron chi connectivity index (χ2n) is 6.61. The normalized spacial score (nSPS) is 15.2. The highest BCUT2D eigenvalue weighted by molar-refractivity contribution is 14.0. The van der Waals surface area contributed by atoms with E-state index in [1.54, 1.807) is 11.3 Å². The largest absolute Gasteiger partial charge is 0.354 e. The van der Waals surface area contributed by atoms with E-state index in [4.69, 9.17) is 4.99 Å². The highest BCUT2D eigenvalue weighted by atomic mass is 127. The van der Waals surface area contributed by atoms with Gasteiger partial charge in [0.2, 0.25) is 0 Å². The summed E-state index contributed by atoms with van der Waals surface area (Å²) >= 11 is 1.74. The van der Waals surface area contributed by atoms with Crippen LogP contribution in [0.4, 0.5) is 0 Å². The number of hydrogen-bond acceptors (Lipinski definition) is 5. The molecule has 2 N–H and O–H groups in total. The summed E-state index contributed by atoms with van der Waals surface area (Å²) in [7, 11) is 1.97. The number of aromatic nitrogens is 4. The molecule has 9 heteroatoms. The Morgan fingerprint density at radius 1 is 1.23 bits per heavy atom. The molecule has 1 aliphatic carbocycles. The zero-order valence-electron chi connectivity index (χ0n) is 15.9. The molecule has 144 valence electrons. The van der Waals surface area contributed by atoms with Crippen molar-refractivity contribution >= 4 is 41.3 Å². The van der Waals surface area contributed by atoms with E-state index in [0.29, 0.717) is 12.6 Å². The average molecular weight is 489 g/mol. The minimum absolute atomic E-state index is 0. The van der Waals surface area contributed by atoms with Crippen LogP contribution in [0.5, 0.6) is 0 Å². The van der Waals surface area contributed by atoms with Gasteiger partial charge in [0.25, 0.3) is 0 Å². The van der Waals surface area contributed by atoms with Gasteiger partial charge in [-0.3, -0.25) is 0 Å². The maximum atomic E-state index is 4.74. The van der Waals surface area contributed by atoms with E-state index in [-0.39, 0.29) is 24.0 Å². The average Bonchev–Trinajstić information content (AvgIpc) is 3.27. The van der Waals surface area contributed by atoms with Crippen molar-refractivity contribution in [2.45, 2.75) is 65.6 Å². The Bertz CT molecular complexity index is 746. The van der Waals surface area contributed by atoms with Crippen LogP contribution in [0, 0.1) is 20.8 Å². The Labute approximate surface area is 176 Å². The maximum Gasteiger partial charge on any atom is 0.192 e. The van der Waals surface area contributed by atoms with Crippen molar-refractivity contribution in [2.24, 2.45) is 12.0 Å². The van der Waals surface area contributed by atoms with Crippen LogP contribution in [-0.2, 0) is 20.1 Å². The molecule has 0 radical (unpaired) electrons.